The first-order valence-corrected chi connectivity index (χ1v) is 7.95. The highest BCUT2D eigenvalue weighted by Gasteiger charge is 2.21. The Hall–Kier alpha value is -3.16. The van der Waals surface area contributed by atoms with E-state index in [-0.39, 0.29) is 23.8 Å². The van der Waals surface area contributed by atoms with Crippen LogP contribution in [0.2, 0.25) is 0 Å². The van der Waals surface area contributed by atoms with Crippen LogP contribution in [0, 0.1) is 6.92 Å². The number of fused-ring (bicyclic) bond motifs is 1. The number of imidazole rings is 1. The van der Waals surface area contributed by atoms with E-state index in [1.54, 1.807) is 26.0 Å². The molecule has 0 aliphatic rings. The molecule has 130 valence electrons. The first-order valence-electron chi connectivity index (χ1n) is 7.95. The summed E-state index contributed by atoms with van der Waals surface area (Å²) in [6, 6.07) is 7.21. The maximum absolute atomic E-state index is 12.5. The first-order chi connectivity index (χ1) is 12.1. The molecule has 1 N–H and O–H groups in total. The van der Waals surface area contributed by atoms with Crippen molar-refractivity contribution in [2.24, 2.45) is 0 Å². The van der Waals surface area contributed by atoms with E-state index in [1.165, 1.54) is 4.52 Å². The summed E-state index contributed by atoms with van der Waals surface area (Å²) in [4.78, 5) is 31.5. The minimum absolute atomic E-state index is 0.0319. The highest BCUT2D eigenvalue weighted by molar-refractivity contribution is 5.87. The van der Waals surface area contributed by atoms with Crippen LogP contribution in [0.15, 0.2) is 29.1 Å². The molecule has 8 nitrogen and oxygen atoms in total. The second-order valence-electron chi connectivity index (χ2n) is 5.23. The number of carbonyl (C=O) groups is 1. The number of nitrogens with zero attached hydrogens (tertiary/aromatic N) is 3. The first kappa shape index (κ1) is 16.7. The van der Waals surface area contributed by atoms with Crippen LogP contribution >= 0.6 is 0 Å². The van der Waals surface area contributed by atoms with Gasteiger partial charge in [0, 0.05) is 0 Å². The van der Waals surface area contributed by atoms with Gasteiger partial charge in [-0.2, -0.15) is 4.52 Å². The number of hydrogen-bond donors (Lipinski definition) is 1. The molecule has 0 bridgehead atoms. The van der Waals surface area contributed by atoms with Crippen LogP contribution in [0.4, 0.5) is 0 Å². The average Bonchev–Trinajstić information content (AvgIpc) is 2.93. The van der Waals surface area contributed by atoms with E-state index < -0.39 is 11.5 Å². The number of H-pyrrole nitrogens is 1. The van der Waals surface area contributed by atoms with Crippen LogP contribution in [-0.2, 0) is 4.74 Å². The van der Waals surface area contributed by atoms with E-state index in [2.05, 4.69) is 15.1 Å². The monoisotopic (exact) mass is 342 g/mol. The van der Waals surface area contributed by atoms with Crippen molar-refractivity contribution in [3.8, 4) is 17.1 Å². The topological polar surface area (TPSA) is 98.6 Å². The largest absolute Gasteiger partial charge is 0.493 e. The minimum atomic E-state index is -0.632. The molecule has 3 aromatic rings. The van der Waals surface area contributed by atoms with E-state index in [0.29, 0.717) is 23.6 Å². The summed E-state index contributed by atoms with van der Waals surface area (Å²) in [6.45, 7) is 5.89. The summed E-state index contributed by atoms with van der Waals surface area (Å²) >= 11 is 0. The molecule has 25 heavy (non-hydrogen) atoms. The highest BCUT2D eigenvalue weighted by Crippen LogP contribution is 2.26. The number of esters is 1. The molecular formula is C17H18N4O4. The van der Waals surface area contributed by atoms with Crippen molar-refractivity contribution in [1.29, 1.82) is 0 Å². The number of para-hydroxylation sites is 1. The number of aryl methyl sites for hydroxylation is 1. The maximum atomic E-state index is 12.5. The van der Waals surface area contributed by atoms with Crippen molar-refractivity contribution in [2.75, 3.05) is 13.2 Å². The molecule has 0 fully saturated rings. The lowest BCUT2D eigenvalue weighted by atomic mass is 10.2. The molecule has 0 radical (unpaired) electrons. The lowest BCUT2D eigenvalue weighted by Gasteiger charge is -2.09. The van der Waals surface area contributed by atoms with E-state index >= 15 is 0 Å². The van der Waals surface area contributed by atoms with Gasteiger partial charge in [-0.25, -0.2) is 9.78 Å². The fraction of sp³-hybridized carbons (Fsp3) is 0.294. The number of ether oxygens (including phenoxy) is 2. The van der Waals surface area contributed by atoms with Crippen LogP contribution < -0.4 is 10.3 Å². The Kier molecular flexibility index (Phi) is 4.51. The van der Waals surface area contributed by atoms with Crippen molar-refractivity contribution < 1.29 is 14.3 Å². The van der Waals surface area contributed by atoms with Gasteiger partial charge in [-0.3, -0.25) is 4.79 Å². The van der Waals surface area contributed by atoms with Gasteiger partial charge in [0.15, 0.2) is 11.3 Å². The molecule has 0 atom stereocenters. The molecule has 2 heterocycles. The zero-order chi connectivity index (χ0) is 18.0. The Labute approximate surface area is 143 Å². The average molecular weight is 342 g/mol. The van der Waals surface area contributed by atoms with Crippen LogP contribution in [0.5, 0.6) is 5.75 Å². The molecular weight excluding hydrogens is 324 g/mol. The van der Waals surface area contributed by atoms with Crippen LogP contribution in [0.3, 0.4) is 0 Å². The normalized spacial score (nSPS) is 10.8. The number of carbonyl (C=O) groups excluding carboxylic acids is 1. The predicted molar refractivity (Wildman–Crippen MR) is 90.9 cm³/mol. The van der Waals surface area contributed by atoms with Gasteiger partial charge in [-0.05, 0) is 32.9 Å². The number of hydrogen-bond acceptors (Lipinski definition) is 6. The molecule has 8 heteroatoms. The summed E-state index contributed by atoms with van der Waals surface area (Å²) < 4.78 is 11.8. The molecule has 2 aromatic heterocycles. The van der Waals surface area contributed by atoms with Gasteiger partial charge in [0.2, 0.25) is 5.82 Å². The third kappa shape index (κ3) is 2.98. The quantitative estimate of drug-likeness (QED) is 0.712. The molecule has 3 rings (SSSR count). The van der Waals surface area contributed by atoms with E-state index in [4.69, 9.17) is 9.47 Å². The molecule has 0 amide bonds. The number of benzene rings is 1. The van der Waals surface area contributed by atoms with Crippen molar-refractivity contribution in [3.05, 3.63) is 46.1 Å². The Morgan fingerprint density at radius 3 is 2.72 bits per heavy atom. The zero-order valence-corrected chi connectivity index (χ0v) is 14.2. The summed E-state index contributed by atoms with van der Waals surface area (Å²) in [7, 11) is 0. The molecule has 1 aromatic carbocycles. The van der Waals surface area contributed by atoms with Gasteiger partial charge >= 0.3 is 5.97 Å². The molecule has 0 saturated carbocycles. The highest BCUT2D eigenvalue weighted by atomic mass is 16.5. The summed E-state index contributed by atoms with van der Waals surface area (Å²) in [5.74, 6) is 0.204. The number of nitrogens with one attached hydrogen (secondary N) is 1. The number of rotatable bonds is 5. The van der Waals surface area contributed by atoms with Crippen molar-refractivity contribution in [1.82, 2.24) is 19.6 Å². The Balaban J connectivity index is 2.24. The minimum Gasteiger partial charge on any atom is -0.493 e. The lowest BCUT2D eigenvalue weighted by Crippen LogP contribution is -2.18. The Morgan fingerprint density at radius 1 is 1.24 bits per heavy atom. The van der Waals surface area contributed by atoms with Crippen molar-refractivity contribution >= 4 is 11.5 Å². The maximum Gasteiger partial charge on any atom is 0.376 e. The van der Waals surface area contributed by atoms with Gasteiger partial charge in [-0.1, -0.05) is 12.1 Å². The Bertz CT molecular complexity index is 990. The number of aromatic amines is 1. The summed E-state index contributed by atoms with van der Waals surface area (Å²) in [6.07, 6.45) is 0. The smallest absolute Gasteiger partial charge is 0.376 e. The van der Waals surface area contributed by atoms with Crippen LogP contribution in [0.25, 0.3) is 16.9 Å². The third-order valence-corrected chi connectivity index (χ3v) is 3.58. The molecule has 0 unspecified atom stereocenters. The van der Waals surface area contributed by atoms with Crippen LogP contribution in [-0.4, -0.2) is 38.8 Å². The van der Waals surface area contributed by atoms with E-state index in [9.17, 15) is 9.59 Å². The molecule has 0 spiro atoms. The molecule has 0 saturated heterocycles. The van der Waals surface area contributed by atoms with Crippen molar-refractivity contribution in [3.63, 3.8) is 0 Å². The fourth-order valence-corrected chi connectivity index (χ4v) is 2.56. The summed E-state index contributed by atoms with van der Waals surface area (Å²) in [5.41, 5.74) is 0.837. The predicted octanol–water partition coefficient (Wildman–Crippen LogP) is 1.97. The second-order valence-corrected chi connectivity index (χ2v) is 5.23. The lowest BCUT2D eigenvalue weighted by molar-refractivity contribution is 0.0509. The fourth-order valence-electron chi connectivity index (χ4n) is 2.56. The van der Waals surface area contributed by atoms with Gasteiger partial charge in [0.1, 0.15) is 5.75 Å². The second kappa shape index (κ2) is 6.76. The van der Waals surface area contributed by atoms with Crippen LogP contribution in [0.1, 0.15) is 30.2 Å². The van der Waals surface area contributed by atoms with Gasteiger partial charge in [0.25, 0.3) is 5.56 Å². The van der Waals surface area contributed by atoms with E-state index in [1.807, 2.05) is 19.1 Å². The van der Waals surface area contributed by atoms with Gasteiger partial charge < -0.3 is 14.5 Å². The number of aromatic nitrogens is 4. The van der Waals surface area contributed by atoms with E-state index in [0.717, 1.165) is 0 Å². The standard InChI is InChI=1S/C17H18N4O4/c1-4-24-12-9-7-6-8-11(12)14-19-16(22)13-10(3)18-15(21(13)20-14)17(23)25-5-2/h6-9H,4-5H2,1-3H3,(H,19,20,22). The molecule has 0 aliphatic heterocycles. The Morgan fingerprint density at radius 2 is 2.00 bits per heavy atom. The SMILES string of the molecule is CCOC(=O)c1nc(C)c2c(=O)[nH]c(-c3ccccc3OCC)nn12. The zero-order valence-electron chi connectivity index (χ0n) is 14.2. The van der Waals surface area contributed by atoms with Gasteiger partial charge in [0.05, 0.1) is 24.5 Å². The van der Waals surface area contributed by atoms with Crippen molar-refractivity contribution in [2.45, 2.75) is 20.8 Å². The molecule has 0 aliphatic carbocycles. The third-order valence-electron chi connectivity index (χ3n) is 3.58. The summed E-state index contributed by atoms with van der Waals surface area (Å²) in [5, 5.41) is 4.39. The van der Waals surface area contributed by atoms with Gasteiger partial charge in [-0.15, -0.1) is 5.10 Å².